The average molecular weight is 628 g/mol. The van der Waals surface area contributed by atoms with Gasteiger partial charge in [0.2, 0.25) is 0 Å². The Morgan fingerprint density at radius 2 is 1.10 bits per heavy atom. The van der Waals surface area contributed by atoms with Crippen molar-refractivity contribution in [2.45, 2.75) is 19.3 Å². The lowest BCUT2D eigenvalue weighted by atomic mass is 9.82. The molecule has 0 spiro atoms. The van der Waals surface area contributed by atoms with Crippen LogP contribution in [0.5, 0.6) is 11.5 Å². The minimum Gasteiger partial charge on any atom is -0.456 e. The molecule has 0 aromatic heterocycles. The van der Waals surface area contributed by atoms with E-state index in [1.54, 1.807) is 0 Å². The Bertz CT molecular complexity index is 2610. The van der Waals surface area contributed by atoms with E-state index in [0.29, 0.717) is 0 Å². The van der Waals surface area contributed by atoms with Gasteiger partial charge in [0.15, 0.2) is 0 Å². The molecule has 0 radical (unpaired) electrons. The fourth-order valence-corrected chi connectivity index (χ4v) is 8.30. The number of benzene rings is 8. The average Bonchev–Trinajstić information content (AvgIpc) is 3.38. The molecule has 0 fully saturated rings. The molecule has 0 atom stereocenters. The van der Waals surface area contributed by atoms with Crippen molar-refractivity contribution in [1.82, 2.24) is 0 Å². The third-order valence-corrected chi connectivity index (χ3v) is 10.7. The molecule has 1 aliphatic heterocycles. The van der Waals surface area contributed by atoms with E-state index in [-0.39, 0.29) is 5.41 Å². The molecule has 0 N–H and O–H groups in total. The molecule has 8 aromatic carbocycles. The maximum atomic E-state index is 6.38. The fourth-order valence-electron chi connectivity index (χ4n) is 8.30. The highest BCUT2D eigenvalue weighted by Crippen LogP contribution is 2.52. The Kier molecular flexibility index (Phi) is 5.95. The summed E-state index contributed by atoms with van der Waals surface area (Å²) in [7, 11) is 0. The van der Waals surface area contributed by atoms with Crippen LogP contribution in [0.25, 0.3) is 54.9 Å². The molecule has 8 aromatic rings. The summed E-state index contributed by atoms with van der Waals surface area (Å²) in [4.78, 5) is 2.42. The zero-order valence-electron chi connectivity index (χ0n) is 27.4. The number of hydrogen-bond donors (Lipinski definition) is 0. The van der Waals surface area contributed by atoms with E-state index in [2.05, 4.69) is 170 Å². The second-order valence-corrected chi connectivity index (χ2v) is 13.7. The van der Waals surface area contributed by atoms with Gasteiger partial charge in [0.25, 0.3) is 0 Å². The molecule has 1 heterocycles. The van der Waals surface area contributed by atoms with Crippen LogP contribution in [0.1, 0.15) is 25.0 Å². The number of hydrogen-bond acceptors (Lipinski definition) is 2. The second kappa shape index (κ2) is 10.4. The predicted octanol–water partition coefficient (Wildman–Crippen LogP) is 13.2. The number of ether oxygens (including phenoxy) is 1. The van der Waals surface area contributed by atoms with E-state index in [1.807, 2.05) is 12.1 Å². The van der Waals surface area contributed by atoms with E-state index in [9.17, 15) is 0 Å². The van der Waals surface area contributed by atoms with Crippen molar-refractivity contribution < 1.29 is 4.74 Å². The van der Waals surface area contributed by atoms with E-state index in [1.165, 1.54) is 60.5 Å². The predicted molar refractivity (Wildman–Crippen MR) is 205 cm³/mol. The molecule has 10 rings (SSSR count). The lowest BCUT2D eigenvalue weighted by Gasteiger charge is -2.28. The van der Waals surface area contributed by atoms with Crippen molar-refractivity contribution in [3.05, 3.63) is 175 Å². The molecule has 1 aliphatic carbocycles. The van der Waals surface area contributed by atoms with E-state index in [4.69, 9.17) is 4.74 Å². The van der Waals surface area contributed by atoms with E-state index < -0.39 is 0 Å². The van der Waals surface area contributed by atoms with Gasteiger partial charge in [-0.25, -0.2) is 0 Å². The maximum absolute atomic E-state index is 6.38. The standard InChI is InChI=1S/C47H33NO/c1-47(2)41-17-7-5-14-36(41)40-29-33(25-28-42(40)47)48(43-18-9-12-30-11-3-4-13-35(30)43)32-23-21-31(22-24-32)34-26-27-39-37-15-6-8-19-44(37)49-45-20-10-16-38(34)46(39)45/h3-29H,1-2H3. The summed E-state index contributed by atoms with van der Waals surface area (Å²) in [5.74, 6) is 1.82. The van der Waals surface area contributed by atoms with Crippen LogP contribution in [-0.2, 0) is 5.41 Å². The largest absolute Gasteiger partial charge is 0.456 e. The summed E-state index contributed by atoms with van der Waals surface area (Å²) in [6.45, 7) is 4.68. The van der Waals surface area contributed by atoms with Gasteiger partial charge in [-0.3, -0.25) is 0 Å². The Balaban J connectivity index is 1.13. The highest BCUT2D eigenvalue weighted by molar-refractivity contribution is 6.10. The summed E-state index contributed by atoms with van der Waals surface area (Å²) in [6, 6.07) is 59.5. The normalized spacial score (nSPS) is 13.4. The van der Waals surface area contributed by atoms with Gasteiger partial charge < -0.3 is 9.64 Å². The van der Waals surface area contributed by atoms with Gasteiger partial charge in [-0.2, -0.15) is 0 Å². The van der Waals surface area contributed by atoms with Gasteiger partial charge >= 0.3 is 0 Å². The molecule has 0 saturated heterocycles. The molecule has 2 aliphatic rings. The van der Waals surface area contributed by atoms with Gasteiger partial charge in [-0.05, 0) is 92.2 Å². The SMILES string of the molecule is CC1(C)c2ccccc2-c2cc(N(c3ccc(-c4ccc5c6c(cccc46)Oc4ccccc4-5)cc3)c3cccc4ccccc34)ccc21. The van der Waals surface area contributed by atoms with Crippen molar-refractivity contribution in [1.29, 1.82) is 0 Å². The van der Waals surface area contributed by atoms with Crippen molar-refractivity contribution in [3.8, 4) is 44.9 Å². The van der Waals surface area contributed by atoms with Gasteiger partial charge in [0.05, 0.1) is 5.69 Å². The van der Waals surface area contributed by atoms with E-state index in [0.717, 1.165) is 34.1 Å². The lowest BCUT2D eigenvalue weighted by Crippen LogP contribution is -2.15. The molecule has 2 heteroatoms. The topological polar surface area (TPSA) is 12.5 Å². The highest BCUT2D eigenvalue weighted by Gasteiger charge is 2.35. The van der Waals surface area contributed by atoms with Crippen LogP contribution in [-0.4, -0.2) is 0 Å². The van der Waals surface area contributed by atoms with E-state index >= 15 is 0 Å². The zero-order chi connectivity index (χ0) is 32.7. The molecule has 0 amide bonds. The first-order chi connectivity index (χ1) is 24.1. The first kappa shape index (κ1) is 27.9. The number of fused-ring (bicyclic) bond motifs is 6. The van der Waals surface area contributed by atoms with Crippen LogP contribution in [0.15, 0.2) is 164 Å². The first-order valence-corrected chi connectivity index (χ1v) is 17.0. The third-order valence-electron chi connectivity index (χ3n) is 10.7. The maximum Gasteiger partial charge on any atom is 0.135 e. The van der Waals surface area contributed by atoms with Gasteiger partial charge in [0.1, 0.15) is 11.5 Å². The number of anilines is 3. The molecule has 2 nitrogen and oxygen atoms in total. The van der Waals surface area contributed by atoms with Gasteiger partial charge in [-0.1, -0.05) is 135 Å². The zero-order valence-corrected chi connectivity index (χ0v) is 27.4. The summed E-state index contributed by atoms with van der Waals surface area (Å²) in [5, 5.41) is 4.81. The van der Waals surface area contributed by atoms with Gasteiger partial charge in [-0.15, -0.1) is 0 Å². The molecule has 0 saturated carbocycles. The van der Waals surface area contributed by atoms with Crippen LogP contribution in [0.2, 0.25) is 0 Å². The molecular weight excluding hydrogens is 595 g/mol. The molecule has 49 heavy (non-hydrogen) atoms. The van der Waals surface area contributed by atoms with Crippen LogP contribution >= 0.6 is 0 Å². The minimum absolute atomic E-state index is 0.0395. The summed E-state index contributed by atoms with van der Waals surface area (Å²) in [6.07, 6.45) is 0. The Labute approximate surface area is 286 Å². The number of nitrogens with zero attached hydrogens (tertiary/aromatic N) is 1. The monoisotopic (exact) mass is 627 g/mol. The van der Waals surface area contributed by atoms with Crippen LogP contribution in [0.3, 0.4) is 0 Å². The van der Waals surface area contributed by atoms with Crippen molar-refractivity contribution >= 4 is 38.6 Å². The van der Waals surface area contributed by atoms with Crippen LogP contribution in [0, 0.1) is 0 Å². The molecule has 0 unspecified atom stereocenters. The number of rotatable bonds is 4. The smallest absolute Gasteiger partial charge is 0.135 e. The molecule has 0 bridgehead atoms. The third kappa shape index (κ3) is 4.14. The Morgan fingerprint density at radius 3 is 2.00 bits per heavy atom. The Hall–Kier alpha value is -6.12. The summed E-state index contributed by atoms with van der Waals surface area (Å²) < 4.78 is 6.38. The quantitative estimate of drug-likeness (QED) is 0.192. The number of para-hydroxylation sites is 1. The van der Waals surface area contributed by atoms with Crippen molar-refractivity contribution in [2.24, 2.45) is 0 Å². The summed E-state index contributed by atoms with van der Waals surface area (Å²) in [5.41, 5.74) is 13.5. The lowest BCUT2D eigenvalue weighted by molar-refractivity contribution is 0.487. The second-order valence-electron chi connectivity index (χ2n) is 13.7. The fraction of sp³-hybridized carbons (Fsp3) is 0.0638. The molecular formula is C47H33NO. The van der Waals surface area contributed by atoms with Crippen LogP contribution < -0.4 is 9.64 Å². The minimum atomic E-state index is -0.0395. The van der Waals surface area contributed by atoms with Crippen molar-refractivity contribution in [2.75, 3.05) is 4.90 Å². The highest BCUT2D eigenvalue weighted by atomic mass is 16.5. The van der Waals surface area contributed by atoms with Gasteiger partial charge in [0, 0.05) is 33.1 Å². The summed E-state index contributed by atoms with van der Waals surface area (Å²) >= 11 is 0. The Morgan fingerprint density at radius 1 is 0.449 bits per heavy atom. The van der Waals surface area contributed by atoms with Crippen molar-refractivity contribution in [3.63, 3.8) is 0 Å². The first-order valence-electron chi connectivity index (χ1n) is 17.0. The van der Waals surface area contributed by atoms with Crippen LogP contribution in [0.4, 0.5) is 17.1 Å². The molecule has 232 valence electrons.